The van der Waals surface area contributed by atoms with Crippen molar-refractivity contribution in [3.8, 4) is 11.1 Å². The molecule has 0 radical (unpaired) electrons. The van der Waals surface area contributed by atoms with Gasteiger partial charge < -0.3 is 5.11 Å². The van der Waals surface area contributed by atoms with Crippen LogP contribution < -0.4 is 10.3 Å². The molecule has 3 aromatic rings. The maximum atomic E-state index is 14.5. The van der Waals surface area contributed by atoms with Gasteiger partial charge in [-0.05, 0) is 65.4 Å². The molecule has 6 heteroatoms. The number of rotatable bonds is 6. The Morgan fingerprint density at radius 2 is 1.74 bits per heavy atom. The molecule has 0 aliphatic heterocycles. The van der Waals surface area contributed by atoms with Gasteiger partial charge in [0.2, 0.25) is 0 Å². The maximum Gasteiger partial charge on any atom is 0.269 e. The molecule has 0 saturated heterocycles. The second kappa shape index (κ2) is 8.81. The average Bonchev–Trinajstić information content (AvgIpc) is 2.71. The van der Waals surface area contributed by atoms with Gasteiger partial charge in [-0.25, -0.2) is 4.39 Å². The summed E-state index contributed by atoms with van der Waals surface area (Å²) in [5.41, 5.74) is 5.41. The van der Waals surface area contributed by atoms with Crippen molar-refractivity contribution in [2.24, 2.45) is 0 Å². The Morgan fingerprint density at radius 1 is 1.04 bits per heavy atom. The van der Waals surface area contributed by atoms with E-state index >= 15 is 0 Å². The van der Waals surface area contributed by atoms with Gasteiger partial charge in [0, 0.05) is 4.90 Å². The molecule has 0 aliphatic carbocycles. The van der Waals surface area contributed by atoms with Crippen molar-refractivity contribution in [3.63, 3.8) is 0 Å². The highest BCUT2D eigenvalue weighted by atomic mass is 32.2. The first-order chi connectivity index (χ1) is 13.1. The molecule has 138 valence electrons. The number of hydrazine groups is 1. The van der Waals surface area contributed by atoms with Crippen molar-refractivity contribution < 1.29 is 14.3 Å². The van der Waals surface area contributed by atoms with Crippen LogP contribution in [0.5, 0.6) is 0 Å². The zero-order valence-corrected chi connectivity index (χ0v) is 15.5. The normalized spacial score (nSPS) is 10.6. The van der Waals surface area contributed by atoms with Crippen molar-refractivity contribution in [3.05, 3.63) is 89.2 Å². The number of benzene rings is 3. The van der Waals surface area contributed by atoms with Gasteiger partial charge >= 0.3 is 0 Å². The van der Waals surface area contributed by atoms with Gasteiger partial charge in [0.25, 0.3) is 5.91 Å². The van der Waals surface area contributed by atoms with E-state index in [2.05, 4.69) is 10.3 Å². The molecule has 0 heterocycles. The highest BCUT2D eigenvalue weighted by molar-refractivity contribution is 7.97. The Balaban J connectivity index is 1.71. The minimum absolute atomic E-state index is 0.0161. The topological polar surface area (TPSA) is 61.4 Å². The number of carbonyl (C=O) groups is 1. The maximum absolute atomic E-state index is 14.5. The Morgan fingerprint density at radius 3 is 2.41 bits per heavy atom. The molecule has 3 rings (SSSR count). The second-order valence-corrected chi connectivity index (χ2v) is 6.86. The summed E-state index contributed by atoms with van der Waals surface area (Å²) in [5, 5.41) is 9.04. The molecule has 0 aliphatic rings. The van der Waals surface area contributed by atoms with Crippen molar-refractivity contribution >= 4 is 17.9 Å². The summed E-state index contributed by atoms with van der Waals surface area (Å²) in [4.78, 5) is 16.0. The number of aliphatic hydroxyl groups is 1. The van der Waals surface area contributed by atoms with Crippen LogP contribution in [0, 0.1) is 12.7 Å². The van der Waals surface area contributed by atoms with E-state index in [0.29, 0.717) is 5.56 Å². The van der Waals surface area contributed by atoms with Crippen LogP contribution >= 0.6 is 11.9 Å². The van der Waals surface area contributed by atoms with E-state index < -0.39 is 11.7 Å². The highest BCUT2D eigenvalue weighted by Gasteiger charge is 2.16. The molecule has 0 spiro atoms. The van der Waals surface area contributed by atoms with Gasteiger partial charge in [0.15, 0.2) is 0 Å². The largest absolute Gasteiger partial charge is 0.392 e. The Kier molecular flexibility index (Phi) is 6.24. The quantitative estimate of drug-likeness (QED) is 0.441. The van der Waals surface area contributed by atoms with E-state index in [1.165, 1.54) is 11.9 Å². The van der Waals surface area contributed by atoms with Gasteiger partial charge in [0.05, 0.1) is 12.2 Å². The number of carbonyl (C=O) groups excluding carboxylic acids is 1. The third-order valence-corrected chi connectivity index (χ3v) is 4.76. The molecular weight excluding hydrogens is 363 g/mol. The first-order valence-electron chi connectivity index (χ1n) is 8.36. The van der Waals surface area contributed by atoms with Crippen molar-refractivity contribution in [1.29, 1.82) is 0 Å². The number of aliphatic hydroxyl groups excluding tert-OH is 1. The van der Waals surface area contributed by atoms with Gasteiger partial charge in [-0.2, -0.15) is 4.83 Å². The van der Waals surface area contributed by atoms with Gasteiger partial charge in [0.1, 0.15) is 5.82 Å². The summed E-state index contributed by atoms with van der Waals surface area (Å²) < 4.78 is 14.5. The van der Waals surface area contributed by atoms with E-state index in [9.17, 15) is 9.18 Å². The third kappa shape index (κ3) is 4.74. The number of aryl methyl sites for hydroxylation is 1. The van der Waals surface area contributed by atoms with Crippen LogP contribution in [0.1, 0.15) is 21.5 Å². The molecule has 3 N–H and O–H groups in total. The monoisotopic (exact) mass is 382 g/mol. The molecule has 0 aromatic heterocycles. The average molecular weight is 382 g/mol. The zero-order chi connectivity index (χ0) is 19.2. The fourth-order valence-electron chi connectivity index (χ4n) is 2.59. The molecule has 0 unspecified atom stereocenters. The summed E-state index contributed by atoms with van der Waals surface area (Å²) in [6, 6.07) is 20.0. The minimum atomic E-state index is -0.548. The lowest BCUT2D eigenvalue weighted by Crippen LogP contribution is -2.33. The van der Waals surface area contributed by atoms with Crippen molar-refractivity contribution in [2.75, 3.05) is 0 Å². The van der Waals surface area contributed by atoms with Crippen molar-refractivity contribution in [1.82, 2.24) is 10.3 Å². The van der Waals surface area contributed by atoms with Gasteiger partial charge in [-0.3, -0.25) is 10.2 Å². The molecule has 4 nitrogen and oxygen atoms in total. The van der Waals surface area contributed by atoms with E-state index in [4.69, 9.17) is 5.11 Å². The summed E-state index contributed by atoms with van der Waals surface area (Å²) in [7, 11) is 0. The Bertz CT molecular complexity index is 931. The first kappa shape index (κ1) is 19.1. The number of hydrogen-bond donors (Lipinski definition) is 3. The summed E-state index contributed by atoms with van der Waals surface area (Å²) in [6.07, 6.45) is 0. The third-order valence-electron chi connectivity index (χ3n) is 4.05. The van der Waals surface area contributed by atoms with E-state index in [1.807, 2.05) is 42.5 Å². The van der Waals surface area contributed by atoms with Gasteiger partial charge in [-0.15, -0.1) is 0 Å². The molecule has 0 saturated carbocycles. The number of halogens is 1. The highest BCUT2D eigenvalue weighted by Crippen LogP contribution is 2.25. The smallest absolute Gasteiger partial charge is 0.269 e. The molecular formula is C21H19FN2O2S. The lowest BCUT2D eigenvalue weighted by Gasteiger charge is -2.11. The SMILES string of the molecule is Cc1cc(-c2ccccc2)cc(C(=O)NNSc2ccc(CO)cc2)c1F. The van der Waals surface area contributed by atoms with E-state index in [1.54, 1.807) is 31.2 Å². The minimum Gasteiger partial charge on any atom is -0.392 e. The molecule has 0 bridgehead atoms. The summed E-state index contributed by atoms with van der Waals surface area (Å²) in [5.74, 6) is -1.08. The van der Waals surface area contributed by atoms with Crippen LogP contribution in [-0.2, 0) is 6.61 Å². The van der Waals surface area contributed by atoms with Crippen LogP contribution in [0.2, 0.25) is 0 Å². The number of nitrogens with one attached hydrogen (secondary N) is 2. The van der Waals surface area contributed by atoms with Crippen LogP contribution in [0.3, 0.4) is 0 Å². The molecule has 1 amide bonds. The Labute approximate surface area is 161 Å². The molecule has 0 atom stereocenters. The van der Waals surface area contributed by atoms with Crippen LogP contribution in [0.15, 0.2) is 71.6 Å². The molecule has 3 aromatic carbocycles. The fourth-order valence-corrected chi connectivity index (χ4v) is 3.13. The van der Waals surface area contributed by atoms with Crippen LogP contribution in [-0.4, -0.2) is 11.0 Å². The summed E-state index contributed by atoms with van der Waals surface area (Å²) >= 11 is 1.19. The predicted octanol–water partition coefficient (Wildman–Crippen LogP) is 4.24. The lowest BCUT2D eigenvalue weighted by atomic mass is 9.99. The summed E-state index contributed by atoms with van der Waals surface area (Å²) in [6.45, 7) is 1.62. The molecule has 0 fully saturated rings. The van der Waals surface area contributed by atoms with Crippen molar-refractivity contribution in [2.45, 2.75) is 18.4 Å². The van der Waals surface area contributed by atoms with E-state index in [0.717, 1.165) is 21.6 Å². The fraction of sp³-hybridized carbons (Fsp3) is 0.0952. The zero-order valence-electron chi connectivity index (χ0n) is 14.7. The van der Waals surface area contributed by atoms with Crippen LogP contribution in [0.25, 0.3) is 11.1 Å². The standard InChI is InChI=1S/C21H19FN2O2S/c1-14-11-17(16-5-3-2-4-6-16)12-19(20(14)22)21(26)23-24-27-18-9-7-15(13-25)8-10-18/h2-12,24-25H,13H2,1H3,(H,23,26). The number of amides is 1. The van der Waals surface area contributed by atoms with Gasteiger partial charge in [-0.1, -0.05) is 42.5 Å². The first-order valence-corrected chi connectivity index (χ1v) is 9.17. The second-order valence-electron chi connectivity index (χ2n) is 5.98. The van der Waals surface area contributed by atoms with Crippen LogP contribution in [0.4, 0.5) is 4.39 Å². The molecule has 27 heavy (non-hydrogen) atoms. The Hall–Kier alpha value is -2.67. The van der Waals surface area contributed by atoms with E-state index in [-0.39, 0.29) is 12.2 Å². The predicted molar refractivity (Wildman–Crippen MR) is 105 cm³/mol. The lowest BCUT2D eigenvalue weighted by molar-refractivity contribution is 0.0943. The number of hydrogen-bond acceptors (Lipinski definition) is 4.